The summed E-state index contributed by atoms with van der Waals surface area (Å²) in [4.78, 5) is 8.05. The van der Waals surface area contributed by atoms with E-state index >= 15 is 0 Å². The first-order chi connectivity index (χ1) is 38.1. The lowest BCUT2D eigenvalue weighted by atomic mass is 9.33. The highest BCUT2D eigenvalue weighted by atomic mass is 32.1. The second-order valence-electron chi connectivity index (χ2n) is 31.3. The van der Waals surface area contributed by atoms with Gasteiger partial charge in [0.1, 0.15) is 0 Å². The molecule has 1 aromatic heterocycles. The van der Waals surface area contributed by atoms with E-state index in [9.17, 15) is 0 Å². The van der Waals surface area contributed by atoms with Crippen molar-refractivity contribution in [1.29, 1.82) is 0 Å². The molecule has 0 amide bonds. The molecule has 414 valence electrons. The average Bonchev–Trinajstić information content (AvgIpc) is 2.19. The number of fused-ring (bicyclic) bond motifs is 10. The van der Waals surface area contributed by atoms with Gasteiger partial charge in [0.2, 0.25) is 0 Å². The lowest BCUT2D eigenvalue weighted by molar-refractivity contribution is 0.188. The Labute approximate surface area is 490 Å². The van der Waals surface area contributed by atoms with E-state index in [1.807, 2.05) is 0 Å². The SMILES string of the molecule is CC(C)(C)c1ccc(N2c3cc4c(cc3B3c5c2cc(N(c2ccccc2)c2ccccc2)cc5N(c2ccc5c(c2)C(C)(C)CCC5(C)C)c2sc5cc6c(cc5c23)C2(C)CCC6(C)CC2)C(C)(C)CCC4(C)C)cc1C(C)(C)C. The highest BCUT2D eigenvalue weighted by molar-refractivity contribution is 7.26. The third kappa shape index (κ3) is 7.92. The molecule has 0 radical (unpaired) electrons. The highest BCUT2D eigenvalue weighted by Gasteiger charge is 2.52. The fourth-order valence-corrected chi connectivity index (χ4v) is 17.7. The second kappa shape index (κ2) is 17.3. The Hall–Kier alpha value is -6.04. The molecule has 5 heteroatoms. The fraction of sp³-hybridized carbons (Fsp3) is 0.421. The van der Waals surface area contributed by atoms with E-state index in [1.54, 1.807) is 11.1 Å². The summed E-state index contributed by atoms with van der Waals surface area (Å²) >= 11 is 2.06. The first-order valence-corrected chi connectivity index (χ1v) is 31.7. The molecule has 0 unspecified atom stereocenters. The maximum Gasteiger partial charge on any atom is 0.254 e. The highest BCUT2D eigenvalue weighted by Crippen LogP contribution is 2.60. The molecule has 81 heavy (non-hydrogen) atoms. The van der Waals surface area contributed by atoms with Gasteiger partial charge in [-0.05, 0) is 240 Å². The molecule has 7 aromatic carbocycles. The van der Waals surface area contributed by atoms with Crippen LogP contribution in [0.3, 0.4) is 0 Å². The van der Waals surface area contributed by atoms with Crippen LogP contribution in [0.25, 0.3) is 10.1 Å². The minimum Gasteiger partial charge on any atom is -0.311 e. The number of anilines is 9. The number of nitrogens with zero attached hydrogens (tertiary/aromatic N) is 3. The standard InChI is InChI=1S/C76H86BN3S/c1-69(2,3)53-29-27-49(39-55(53)70(4,5)6)79-62-45-58-57(73(11,12)33-34-74(58,13)14)44-61(62)77-66-52-43-59-60(76(16)37-35-75(59,15)36-38-76)46-65(52)81-68(66)80(50-28-30-54-56(40-50)72(9,10)32-31-71(54,7)8)64-42-51(41-63(79)67(64)77)78(47-23-19-17-20-24-47)48-25-21-18-22-26-48/h17-30,39-46H,31-38H2,1-16H3. The summed E-state index contributed by atoms with van der Waals surface area (Å²) in [6, 6.07) is 53.6. The number of hydrogen-bond donors (Lipinski definition) is 0. The molecule has 15 rings (SSSR count). The minimum atomic E-state index is -0.0945. The Balaban J connectivity index is 1.17. The zero-order valence-corrected chi connectivity index (χ0v) is 52.5. The Morgan fingerprint density at radius 2 is 0.889 bits per heavy atom. The first kappa shape index (κ1) is 53.0. The molecule has 3 heterocycles. The summed E-state index contributed by atoms with van der Waals surface area (Å²) < 4.78 is 1.43. The van der Waals surface area contributed by atoms with Crippen LogP contribution in [0.15, 0.2) is 133 Å². The summed E-state index contributed by atoms with van der Waals surface area (Å²) in [5, 5.41) is 2.83. The first-order valence-electron chi connectivity index (χ1n) is 30.9. The third-order valence-electron chi connectivity index (χ3n) is 21.8. The number of thiophene rings is 1. The van der Waals surface area contributed by atoms with E-state index < -0.39 is 0 Å². The summed E-state index contributed by atoms with van der Waals surface area (Å²) in [6.07, 6.45) is 9.74. The molecule has 0 N–H and O–H groups in total. The molecule has 5 aliphatic carbocycles. The Morgan fingerprint density at radius 3 is 1.44 bits per heavy atom. The van der Waals surface area contributed by atoms with Gasteiger partial charge < -0.3 is 14.7 Å². The van der Waals surface area contributed by atoms with Crippen molar-refractivity contribution in [3.8, 4) is 0 Å². The Kier molecular flexibility index (Phi) is 11.3. The maximum atomic E-state index is 2.78. The van der Waals surface area contributed by atoms with Gasteiger partial charge in [0, 0.05) is 44.5 Å². The zero-order valence-electron chi connectivity index (χ0n) is 51.7. The summed E-state index contributed by atoms with van der Waals surface area (Å²) in [6.45, 7) is 39.6. The average molecular weight is 1080 g/mol. The molecule has 1 fully saturated rings. The summed E-state index contributed by atoms with van der Waals surface area (Å²) in [5.74, 6) is 0. The smallest absolute Gasteiger partial charge is 0.254 e. The normalized spacial score (nSPS) is 22.3. The lowest BCUT2D eigenvalue weighted by Crippen LogP contribution is -2.61. The van der Waals surface area contributed by atoms with Crippen molar-refractivity contribution >= 4 is 95.0 Å². The number of para-hydroxylation sites is 2. The molecular formula is C76H86BN3S. The van der Waals surface area contributed by atoms with E-state index in [0.29, 0.717) is 0 Å². The van der Waals surface area contributed by atoms with Gasteiger partial charge in [0.15, 0.2) is 0 Å². The number of hydrogen-bond acceptors (Lipinski definition) is 4. The van der Waals surface area contributed by atoms with Gasteiger partial charge in [0.05, 0.1) is 10.7 Å². The third-order valence-corrected chi connectivity index (χ3v) is 23.0. The van der Waals surface area contributed by atoms with Gasteiger partial charge in [-0.3, -0.25) is 0 Å². The van der Waals surface area contributed by atoms with Gasteiger partial charge in [-0.1, -0.05) is 165 Å². The van der Waals surface area contributed by atoms with E-state index in [-0.39, 0.29) is 50.0 Å². The molecule has 0 saturated heterocycles. The predicted octanol–water partition coefficient (Wildman–Crippen LogP) is 19.8. The Bertz CT molecular complexity index is 3870. The fourth-order valence-electron chi connectivity index (χ4n) is 16.4. The van der Waals surface area contributed by atoms with Crippen molar-refractivity contribution in [2.24, 2.45) is 0 Å². The number of benzene rings is 7. The van der Waals surface area contributed by atoms with Crippen molar-refractivity contribution in [2.45, 2.75) is 205 Å². The van der Waals surface area contributed by atoms with Crippen molar-refractivity contribution in [3.05, 3.63) is 178 Å². The van der Waals surface area contributed by atoms with E-state index in [0.717, 1.165) is 29.9 Å². The monoisotopic (exact) mass is 1080 g/mol. The molecule has 0 spiro atoms. The summed E-state index contributed by atoms with van der Waals surface area (Å²) in [5.41, 5.74) is 26.6. The quantitative estimate of drug-likeness (QED) is 0.159. The molecule has 1 saturated carbocycles. The molecule has 0 atom stereocenters. The van der Waals surface area contributed by atoms with Crippen LogP contribution in [0.4, 0.5) is 50.5 Å². The van der Waals surface area contributed by atoms with Gasteiger partial charge in [-0.25, -0.2) is 0 Å². The molecule has 2 aliphatic heterocycles. The van der Waals surface area contributed by atoms with Crippen molar-refractivity contribution in [3.63, 3.8) is 0 Å². The van der Waals surface area contributed by atoms with Crippen molar-refractivity contribution in [2.75, 3.05) is 14.7 Å². The van der Waals surface area contributed by atoms with Gasteiger partial charge in [-0.2, -0.15) is 0 Å². The van der Waals surface area contributed by atoms with Crippen LogP contribution < -0.4 is 31.1 Å². The van der Waals surface area contributed by atoms with Crippen LogP contribution in [0, 0.1) is 0 Å². The van der Waals surface area contributed by atoms with Gasteiger partial charge >= 0.3 is 0 Å². The molecule has 8 aromatic rings. The van der Waals surface area contributed by atoms with Gasteiger partial charge in [-0.15, -0.1) is 11.3 Å². The van der Waals surface area contributed by atoms with Crippen molar-refractivity contribution < 1.29 is 0 Å². The Morgan fingerprint density at radius 1 is 0.407 bits per heavy atom. The predicted molar refractivity (Wildman–Crippen MR) is 352 cm³/mol. The topological polar surface area (TPSA) is 9.72 Å². The molecular weight excluding hydrogens is 998 g/mol. The largest absolute Gasteiger partial charge is 0.311 e. The van der Waals surface area contributed by atoms with E-state index in [1.165, 1.54) is 132 Å². The van der Waals surface area contributed by atoms with E-state index in [4.69, 9.17) is 0 Å². The summed E-state index contributed by atoms with van der Waals surface area (Å²) in [7, 11) is 0. The molecule has 3 nitrogen and oxygen atoms in total. The zero-order chi connectivity index (χ0) is 56.9. The van der Waals surface area contributed by atoms with Crippen LogP contribution >= 0.6 is 11.3 Å². The van der Waals surface area contributed by atoms with Crippen LogP contribution in [0.2, 0.25) is 0 Å². The second-order valence-corrected chi connectivity index (χ2v) is 32.3. The van der Waals surface area contributed by atoms with Gasteiger partial charge in [0.25, 0.3) is 6.71 Å². The number of rotatable bonds is 5. The molecule has 2 bridgehead atoms. The van der Waals surface area contributed by atoms with Crippen LogP contribution in [-0.2, 0) is 43.3 Å². The molecule has 7 aliphatic rings. The van der Waals surface area contributed by atoms with Crippen LogP contribution in [-0.4, -0.2) is 6.71 Å². The minimum absolute atomic E-state index is 0.00520. The lowest BCUT2D eigenvalue weighted by Gasteiger charge is -2.52. The van der Waals surface area contributed by atoms with Crippen LogP contribution in [0.1, 0.15) is 207 Å². The van der Waals surface area contributed by atoms with Crippen LogP contribution in [0.5, 0.6) is 0 Å². The van der Waals surface area contributed by atoms with Crippen molar-refractivity contribution in [1.82, 2.24) is 0 Å². The van der Waals surface area contributed by atoms with E-state index in [2.05, 4.69) is 270 Å². The maximum absolute atomic E-state index is 2.78.